The Balaban J connectivity index is 1.32. The highest BCUT2D eigenvalue weighted by molar-refractivity contribution is 7.89. The fourth-order valence-corrected chi connectivity index (χ4v) is 5.43. The van der Waals surface area contributed by atoms with Crippen LogP contribution in [-0.4, -0.2) is 68.2 Å². The minimum atomic E-state index is -3.67. The molecule has 6 nitrogen and oxygen atoms in total. The van der Waals surface area contributed by atoms with Gasteiger partial charge in [0.1, 0.15) is 0 Å². The third-order valence-electron chi connectivity index (χ3n) is 6.11. The lowest BCUT2D eigenvalue weighted by Crippen LogP contribution is -2.51. The quantitative estimate of drug-likeness (QED) is 0.709. The van der Waals surface area contributed by atoms with Gasteiger partial charge in [0.05, 0.1) is 11.4 Å². The molecule has 1 aliphatic carbocycles. The van der Waals surface area contributed by atoms with E-state index in [-0.39, 0.29) is 17.3 Å². The van der Waals surface area contributed by atoms with E-state index in [9.17, 15) is 13.2 Å². The van der Waals surface area contributed by atoms with Crippen LogP contribution in [0.5, 0.6) is 0 Å². The Hall–Kier alpha value is -2.22. The number of benzene rings is 2. The summed E-state index contributed by atoms with van der Waals surface area (Å²) in [7, 11) is -2.18. The molecule has 30 heavy (non-hydrogen) atoms. The van der Waals surface area contributed by atoms with Gasteiger partial charge < -0.3 is 4.90 Å². The van der Waals surface area contributed by atoms with Crippen LogP contribution in [0.15, 0.2) is 53.4 Å². The van der Waals surface area contributed by atoms with Crippen molar-refractivity contribution in [2.75, 3.05) is 39.8 Å². The lowest BCUT2D eigenvalue weighted by Gasteiger charge is -2.35. The van der Waals surface area contributed by atoms with Crippen molar-refractivity contribution in [1.82, 2.24) is 14.1 Å². The van der Waals surface area contributed by atoms with Gasteiger partial charge in [0.2, 0.25) is 15.9 Å². The number of aryl methyl sites for hydroxylation is 2. The predicted octanol–water partition coefficient (Wildman–Crippen LogP) is 2.14. The molecule has 0 atom stereocenters. The maximum Gasteiger partial charge on any atom is 0.243 e. The number of carbonyl (C=O) groups is 1. The zero-order valence-corrected chi connectivity index (χ0v) is 18.3. The highest BCUT2D eigenvalue weighted by Gasteiger charge is 2.28. The van der Waals surface area contributed by atoms with Gasteiger partial charge in [-0.15, -0.1) is 0 Å². The van der Waals surface area contributed by atoms with Gasteiger partial charge in [0, 0.05) is 39.8 Å². The highest BCUT2D eigenvalue weighted by Crippen LogP contribution is 2.26. The van der Waals surface area contributed by atoms with Gasteiger partial charge in [-0.1, -0.05) is 36.4 Å². The molecule has 0 unspecified atom stereocenters. The second-order valence-corrected chi connectivity index (χ2v) is 10.2. The molecule has 1 fully saturated rings. The van der Waals surface area contributed by atoms with Crippen molar-refractivity contribution in [3.63, 3.8) is 0 Å². The zero-order valence-electron chi connectivity index (χ0n) is 17.5. The zero-order chi connectivity index (χ0) is 21.1. The monoisotopic (exact) mass is 427 g/mol. The second kappa shape index (κ2) is 8.88. The van der Waals surface area contributed by atoms with Crippen LogP contribution in [0, 0.1) is 0 Å². The first-order valence-electron chi connectivity index (χ1n) is 10.6. The third-order valence-corrected chi connectivity index (χ3v) is 7.91. The van der Waals surface area contributed by atoms with Crippen LogP contribution in [0.4, 0.5) is 0 Å². The first kappa shape index (κ1) is 21.0. The van der Waals surface area contributed by atoms with E-state index in [2.05, 4.69) is 17.0 Å². The molecule has 4 rings (SSSR count). The molecular formula is C23H29N3O3S. The molecule has 1 saturated heterocycles. The van der Waals surface area contributed by atoms with Crippen molar-refractivity contribution in [3.05, 3.63) is 65.2 Å². The number of amides is 1. The fraction of sp³-hybridized carbons (Fsp3) is 0.435. The van der Waals surface area contributed by atoms with Gasteiger partial charge >= 0.3 is 0 Å². The molecule has 0 radical (unpaired) electrons. The molecule has 2 aliphatic rings. The van der Waals surface area contributed by atoms with Crippen LogP contribution in [-0.2, 0) is 34.2 Å². The standard InChI is InChI=1S/C23H29N3O3S/c1-24(30(28,29)22-11-10-20-8-5-9-21(20)16-22)18-23(27)26-14-12-25(13-15-26)17-19-6-3-2-4-7-19/h2-4,6-7,10-11,16H,5,8-9,12-15,17-18H2,1H3. The summed E-state index contributed by atoms with van der Waals surface area (Å²) in [5.41, 5.74) is 3.61. The van der Waals surface area contributed by atoms with E-state index >= 15 is 0 Å². The van der Waals surface area contributed by atoms with Crippen molar-refractivity contribution >= 4 is 15.9 Å². The number of sulfonamides is 1. The molecule has 0 saturated carbocycles. The molecule has 1 heterocycles. The summed E-state index contributed by atoms with van der Waals surface area (Å²) in [5.74, 6) is -0.137. The molecule has 7 heteroatoms. The first-order chi connectivity index (χ1) is 14.4. The smallest absolute Gasteiger partial charge is 0.243 e. The largest absolute Gasteiger partial charge is 0.339 e. The number of fused-ring (bicyclic) bond motifs is 1. The van der Waals surface area contributed by atoms with Crippen LogP contribution in [0.2, 0.25) is 0 Å². The van der Waals surface area contributed by atoms with E-state index in [0.29, 0.717) is 13.1 Å². The topological polar surface area (TPSA) is 60.9 Å². The van der Waals surface area contributed by atoms with E-state index in [1.54, 1.807) is 17.0 Å². The Morgan fingerprint density at radius 3 is 2.40 bits per heavy atom. The van der Waals surface area contributed by atoms with Crippen LogP contribution in [0.1, 0.15) is 23.1 Å². The summed E-state index contributed by atoms with van der Waals surface area (Å²) in [4.78, 5) is 17.1. The molecular weight excluding hydrogens is 398 g/mol. The Bertz CT molecular complexity index is 1000. The summed E-state index contributed by atoms with van der Waals surface area (Å²) < 4.78 is 27.1. The number of likely N-dealkylation sites (N-methyl/N-ethyl adjacent to an activating group) is 1. The number of hydrogen-bond acceptors (Lipinski definition) is 4. The van der Waals surface area contributed by atoms with E-state index in [0.717, 1.165) is 44.5 Å². The first-order valence-corrected chi connectivity index (χ1v) is 12.0. The summed E-state index contributed by atoms with van der Waals surface area (Å²) in [5, 5.41) is 0. The Labute approximate surface area is 179 Å². The molecule has 0 aromatic heterocycles. The van der Waals surface area contributed by atoms with Crippen LogP contribution in [0.3, 0.4) is 0 Å². The van der Waals surface area contributed by atoms with Gasteiger partial charge in [-0.25, -0.2) is 8.42 Å². The molecule has 160 valence electrons. The summed E-state index contributed by atoms with van der Waals surface area (Å²) in [6, 6.07) is 15.7. The van der Waals surface area contributed by atoms with Gasteiger partial charge in [0.15, 0.2) is 0 Å². The summed E-state index contributed by atoms with van der Waals surface area (Å²) in [6.07, 6.45) is 3.01. The van der Waals surface area contributed by atoms with Crippen LogP contribution >= 0.6 is 0 Å². The van der Waals surface area contributed by atoms with Crippen LogP contribution in [0.25, 0.3) is 0 Å². The van der Waals surface area contributed by atoms with E-state index in [1.165, 1.54) is 22.5 Å². The molecule has 1 aliphatic heterocycles. The Morgan fingerprint density at radius 1 is 0.967 bits per heavy atom. The SMILES string of the molecule is CN(CC(=O)N1CCN(Cc2ccccc2)CC1)S(=O)(=O)c1ccc2c(c1)CCC2. The van der Waals surface area contributed by atoms with Crippen molar-refractivity contribution in [2.45, 2.75) is 30.7 Å². The number of carbonyl (C=O) groups excluding carboxylic acids is 1. The molecule has 0 spiro atoms. The highest BCUT2D eigenvalue weighted by atomic mass is 32.2. The number of nitrogens with zero attached hydrogens (tertiary/aromatic N) is 3. The van der Waals surface area contributed by atoms with E-state index < -0.39 is 10.0 Å². The molecule has 0 bridgehead atoms. The minimum absolute atomic E-state index is 0.127. The average molecular weight is 428 g/mol. The van der Waals surface area contributed by atoms with E-state index in [1.807, 2.05) is 24.3 Å². The van der Waals surface area contributed by atoms with Crippen molar-refractivity contribution in [3.8, 4) is 0 Å². The third kappa shape index (κ3) is 4.58. The number of hydrogen-bond donors (Lipinski definition) is 0. The average Bonchev–Trinajstić information content (AvgIpc) is 3.23. The van der Waals surface area contributed by atoms with Crippen molar-refractivity contribution in [2.24, 2.45) is 0 Å². The normalized spacial score (nSPS) is 17.3. The maximum absolute atomic E-state index is 13.0. The number of rotatable bonds is 6. The molecule has 2 aromatic carbocycles. The molecule has 1 amide bonds. The predicted molar refractivity (Wildman–Crippen MR) is 117 cm³/mol. The van der Waals surface area contributed by atoms with Gasteiger partial charge in [-0.2, -0.15) is 4.31 Å². The molecule has 0 N–H and O–H groups in total. The van der Waals surface area contributed by atoms with Crippen molar-refractivity contribution < 1.29 is 13.2 Å². The molecule has 2 aromatic rings. The number of piperazine rings is 1. The summed E-state index contributed by atoms with van der Waals surface area (Å²) in [6.45, 7) is 3.58. The Kier molecular flexibility index (Phi) is 6.22. The van der Waals surface area contributed by atoms with Gasteiger partial charge in [0.25, 0.3) is 0 Å². The fourth-order valence-electron chi connectivity index (χ4n) is 4.26. The Morgan fingerprint density at radius 2 is 1.67 bits per heavy atom. The summed E-state index contributed by atoms with van der Waals surface area (Å²) >= 11 is 0. The van der Waals surface area contributed by atoms with E-state index in [4.69, 9.17) is 0 Å². The second-order valence-electron chi connectivity index (χ2n) is 8.19. The lowest BCUT2D eigenvalue weighted by molar-refractivity contribution is -0.133. The van der Waals surface area contributed by atoms with Crippen molar-refractivity contribution in [1.29, 1.82) is 0 Å². The van der Waals surface area contributed by atoms with Gasteiger partial charge in [-0.3, -0.25) is 9.69 Å². The minimum Gasteiger partial charge on any atom is -0.339 e. The lowest BCUT2D eigenvalue weighted by atomic mass is 10.1. The van der Waals surface area contributed by atoms with Gasteiger partial charge in [-0.05, 0) is 48.1 Å². The van der Waals surface area contributed by atoms with Crippen LogP contribution < -0.4 is 0 Å². The maximum atomic E-state index is 13.0.